The van der Waals surface area contributed by atoms with Gasteiger partial charge in [-0.05, 0) is 18.8 Å². The van der Waals surface area contributed by atoms with Crippen molar-refractivity contribution < 1.29 is 15.4 Å². The summed E-state index contributed by atoms with van der Waals surface area (Å²) >= 11 is 0. The highest BCUT2D eigenvalue weighted by atomic mass is 16.3. The molecular formula is C8H15NO3. The highest BCUT2D eigenvalue weighted by Gasteiger charge is 2.16. The number of hydrogen-bond donors (Lipinski definition) is 2. The number of piperidine rings is 1. The molecule has 0 bridgehead atoms. The Morgan fingerprint density at radius 3 is 3.00 bits per heavy atom. The summed E-state index contributed by atoms with van der Waals surface area (Å²) in [5.74, 6) is 2.34. The summed E-state index contributed by atoms with van der Waals surface area (Å²) in [5, 5.41) is 11.6. The summed E-state index contributed by atoms with van der Waals surface area (Å²) in [6, 6.07) is 0. The third-order valence-electron chi connectivity index (χ3n) is 2.04. The Balaban J connectivity index is 0.00000121. The quantitative estimate of drug-likeness (QED) is 0.539. The summed E-state index contributed by atoms with van der Waals surface area (Å²) in [6.45, 7) is 1.06. The molecule has 0 aromatic rings. The van der Waals surface area contributed by atoms with Crippen molar-refractivity contribution in [1.82, 2.24) is 5.32 Å². The predicted octanol–water partition coefficient (Wildman–Crippen LogP) is -0.741. The first-order valence-corrected chi connectivity index (χ1v) is 3.95. The number of nitrogens with one attached hydrogen (secondary N) is 1. The third-order valence-corrected chi connectivity index (χ3v) is 2.04. The second kappa shape index (κ2) is 5.77. The fourth-order valence-corrected chi connectivity index (χ4v) is 1.40. The van der Waals surface area contributed by atoms with Crippen LogP contribution in [-0.4, -0.2) is 29.7 Å². The van der Waals surface area contributed by atoms with Crippen molar-refractivity contribution >= 4 is 5.94 Å². The first-order chi connectivity index (χ1) is 5.36. The molecule has 0 radical (unpaired) electrons. The van der Waals surface area contributed by atoms with E-state index >= 15 is 0 Å². The second-order valence-corrected chi connectivity index (χ2v) is 2.88. The van der Waals surface area contributed by atoms with Crippen LogP contribution in [-0.2, 0) is 4.79 Å². The molecule has 1 atom stereocenters. The topological polar surface area (TPSA) is 80.8 Å². The van der Waals surface area contributed by atoms with E-state index in [0.717, 1.165) is 25.8 Å². The number of rotatable bonds is 2. The van der Waals surface area contributed by atoms with Crippen molar-refractivity contribution in [3.63, 3.8) is 0 Å². The van der Waals surface area contributed by atoms with Gasteiger partial charge in [-0.25, -0.2) is 4.79 Å². The van der Waals surface area contributed by atoms with Gasteiger partial charge in [0.15, 0.2) is 0 Å². The lowest BCUT2D eigenvalue weighted by molar-refractivity contribution is 0.243. The van der Waals surface area contributed by atoms with E-state index < -0.39 is 0 Å². The van der Waals surface area contributed by atoms with Gasteiger partial charge in [-0.2, -0.15) is 0 Å². The minimum absolute atomic E-state index is 0. The fraction of sp³-hybridized carbons (Fsp3) is 0.750. The molecule has 1 heterocycles. The van der Waals surface area contributed by atoms with Crippen molar-refractivity contribution in [3.8, 4) is 0 Å². The van der Waals surface area contributed by atoms with Crippen molar-refractivity contribution in [2.75, 3.05) is 13.2 Å². The normalized spacial score (nSPS) is 22.1. The standard InChI is InChI=1S/C8H13NO2.H2O/c10-4-2-7-1-3-9-8(5-7)6-11;/h7,9-10H,1-5H2;1H2. The second-order valence-electron chi connectivity index (χ2n) is 2.88. The number of allylic oxidation sites excluding steroid dienone is 1. The molecule has 0 aromatic carbocycles. The summed E-state index contributed by atoms with van der Waals surface area (Å²) in [5.41, 5.74) is 0.662. The third kappa shape index (κ3) is 3.05. The summed E-state index contributed by atoms with van der Waals surface area (Å²) in [7, 11) is 0. The van der Waals surface area contributed by atoms with Gasteiger partial charge >= 0.3 is 0 Å². The van der Waals surface area contributed by atoms with Crippen LogP contribution in [0.25, 0.3) is 0 Å². The van der Waals surface area contributed by atoms with Gasteiger partial charge in [0.1, 0.15) is 5.94 Å². The summed E-state index contributed by atoms with van der Waals surface area (Å²) in [4.78, 5) is 10.2. The minimum Gasteiger partial charge on any atom is -0.412 e. The van der Waals surface area contributed by atoms with Crippen LogP contribution in [0.15, 0.2) is 5.70 Å². The van der Waals surface area contributed by atoms with Crippen LogP contribution in [0.5, 0.6) is 0 Å². The van der Waals surface area contributed by atoms with Crippen molar-refractivity contribution in [2.24, 2.45) is 5.92 Å². The van der Waals surface area contributed by atoms with Gasteiger partial charge < -0.3 is 15.9 Å². The lowest BCUT2D eigenvalue weighted by Gasteiger charge is -2.22. The predicted molar refractivity (Wildman–Crippen MR) is 45.2 cm³/mol. The highest BCUT2D eigenvalue weighted by molar-refractivity contribution is 5.51. The largest absolute Gasteiger partial charge is 0.412 e. The van der Waals surface area contributed by atoms with E-state index in [1.165, 1.54) is 0 Å². The zero-order valence-electron chi connectivity index (χ0n) is 6.97. The Labute approximate surface area is 71.6 Å². The van der Waals surface area contributed by atoms with E-state index in [1.54, 1.807) is 0 Å². The molecule has 4 N–H and O–H groups in total. The van der Waals surface area contributed by atoms with Gasteiger partial charge in [0, 0.05) is 19.6 Å². The summed E-state index contributed by atoms with van der Waals surface area (Å²) in [6.07, 6.45) is 2.60. The Bertz CT molecular complexity index is 173. The van der Waals surface area contributed by atoms with Crippen LogP contribution in [0.3, 0.4) is 0 Å². The SMILES string of the molecule is O.O=C=C1CC(CCO)CCN1. The summed E-state index contributed by atoms with van der Waals surface area (Å²) < 4.78 is 0. The molecule has 1 aliphatic heterocycles. The van der Waals surface area contributed by atoms with Crippen LogP contribution in [0.2, 0.25) is 0 Å². The van der Waals surface area contributed by atoms with Gasteiger partial charge in [0.2, 0.25) is 0 Å². The molecular weight excluding hydrogens is 158 g/mol. The molecule has 1 unspecified atom stereocenters. The maximum absolute atomic E-state index is 10.2. The van der Waals surface area contributed by atoms with Gasteiger partial charge in [0.25, 0.3) is 0 Å². The molecule has 0 aromatic heterocycles. The maximum atomic E-state index is 10.2. The van der Waals surface area contributed by atoms with E-state index in [2.05, 4.69) is 5.32 Å². The molecule has 12 heavy (non-hydrogen) atoms. The first-order valence-electron chi connectivity index (χ1n) is 3.95. The minimum atomic E-state index is 0. The van der Waals surface area contributed by atoms with Crippen LogP contribution in [0.4, 0.5) is 0 Å². The molecule has 0 amide bonds. The number of hydrogen-bond acceptors (Lipinski definition) is 3. The molecule has 4 heteroatoms. The molecule has 0 spiro atoms. The molecule has 1 fully saturated rings. The van der Waals surface area contributed by atoms with Crippen LogP contribution in [0.1, 0.15) is 19.3 Å². The average Bonchev–Trinajstić information content (AvgIpc) is 2.06. The lowest BCUT2D eigenvalue weighted by atomic mass is 9.93. The fourth-order valence-electron chi connectivity index (χ4n) is 1.40. The van der Waals surface area contributed by atoms with E-state index in [9.17, 15) is 4.79 Å². The Hall–Kier alpha value is -0.830. The zero-order chi connectivity index (χ0) is 8.10. The van der Waals surface area contributed by atoms with E-state index in [1.807, 2.05) is 5.94 Å². The number of aliphatic hydroxyl groups excluding tert-OH is 1. The van der Waals surface area contributed by atoms with Crippen LogP contribution >= 0.6 is 0 Å². The molecule has 0 aliphatic carbocycles. The molecule has 1 aliphatic rings. The van der Waals surface area contributed by atoms with Gasteiger partial charge in [-0.15, -0.1) is 0 Å². The van der Waals surface area contributed by atoms with Crippen molar-refractivity contribution in [3.05, 3.63) is 5.70 Å². The first kappa shape index (κ1) is 11.2. The van der Waals surface area contributed by atoms with Gasteiger partial charge in [-0.3, -0.25) is 0 Å². The highest BCUT2D eigenvalue weighted by Crippen LogP contribution is 2.19. The van der Waals surface area contributed by atoms with Crippen LogP contribution in [0, 0.1) is 5.92 Å². The van der Waals surface area contributed by atoms with Crippen LogP contribution < -0.4 is 5.32 Å². The van der Waals surface area contributed by atoms with E-state index in [0.29, 0.717) is 11.6 Å². The van der Waals surface area contributed by atoms with E-state index in [-0.39, 0.29) is 12.1 Å². The maximum Gasteiger partial charge on any atom is 0.145 e. The number of carbonyl (C=O) groups excluding carboxylic acids is 1. The smallest absolute Gasteiger partial charge is 0.145 e. The van der Waals surface area contributed by atoms with E-state index in [4.69, 9.17) is 5.11 Å². The Morgan fingerprint density at radius 2 is 2.42 bits per heavy atom. The Kier molecular flexibility index (Phi) is 5.37. The average molecular weight is 173 g/mol. The zero-order valence-corrected chi connectivity index (χ0v) is 6.97. The number of aliphatic hydroxyl groups is 1. The molecule has 4 nitrogen and oxygen atoms in total. The molecule has 70 valence electrons. The van der Waals surface area contributed by atoms with Crippen molar-refractivity contribution in [1.29, 1.82) is 0 Å². The molecule has 1 rings (SSSR count). The van der Waals surface area contributed by atoms with Crippen molar-refractivity contribution in [2.45, 2.75) is 19.3 Å². The molecule has 0 saturated carbocycles. The Morgan fingerprint density at radius 1 is 1.67 bits per heavy atom. The van der Waals surface area contributed by atoms with Gasteiger partial charge in [-0.1, -0.05) is 0 Å². The monoisotopic (exact) mass is 173 g/mol. The molecule has 1 saturated heterocycles. The lowest BCUT2D eigenvalue weighted by Crippen LogP contribution is -2.26. The van der Waals surface area contributed by atoms with Gasteiger partial charge in [0.05, 0.1) is 5.70 Å².